The van der Waals surface area contributed by atoms with E-state index in [9.17, 15) is 13.2 Å². The van der Waals surface area contributed by atoms with Crippen molar-refractivity contribution in [3.05, 3.63) is 54.7 Å². The highest BCUT2D eigenvalue weighted by Crippen LogP contribution is 2.37. The highest BCUT2D eigenvalue weighted by molar-refractivity contribution is 5.78. The minimum atomic E-state index is -4.43. The summed E-state index contributed by atoms with van der Waals surface area (Å²) in [4.78, 5) is 7.84. The molecule has 0 aliphatic rings. The number of aromatic nitrogens is 3. The van der Waals surface area contributed by atoms with Gasteiger partial charge in [0.2, 0.25) is 0 Å². The molecule has 6 heteroatoms. The van der Waals surface area contributed by atoms with E-state index in [0.717, 1.165) is 12.3 Å². The van der Waals surface area contributed by atoms with Crippen LogP contribution in [0.15, 0.2) is 49.2 Å². The molecule has 0 atom stereocenters. The van der Waals surface area contributed by atoms with Crippen molar-refractivity contribution in [2.75, 3.05) is 0 Å². The van der Waals surface area contributed by atoms with Gasteiger partial charge < -0.3 is 4.40 Å². The number of fused-ring (bicyclic) bond motifs is 1. The van der Waals surface area contributed by atoms with Crippen LogP contribution in [-0.4, -0.2) is 14.4 Å². The number of hydrogen-bond acceptors (Lipinski definition) is 2. The molecule has 19 heavy (non-hydrogen) atoms. The van der Waals surface area contributed by atoms with E-state index >= 15 is 0 Å². The van der Waals surface area contributed by atoms with Crippen molar-refractivity contribution < 1.29 is 13.2 Å². The first-order valence-electron chi connectivity index (χ1n) is 5.50. The lowest BCUT2D eigenvalue weighted by Crippen LogP contribution is -2.07. The maximum Gasteiger partial charge on any atom is 0.417 e. The molecule has 0 unspecified atom stereocenters. The molecular weight excluding hydrogens is 255 g/mol. The normalized spacial score (nSPS) is 11.9. The van der Waals surface area contributed by atoms with E-state index in [2.05, 4.69) is 9.97 Å². The van der Waals surface area contributed by atoms with E-state index in [0.29, 0.717) is 5.52 Å². The summed E-state index contributed by atoms with van der Waals surface area (Å²) in [6, 6.07) is 6.22. The van der Waals surface area contributed by atoms with Crippen LogP contribution in [0.1, 0.15) is 5.56 Å². The second kappa shape index (κ2) is 4.08. The van der Waals surface area contributed by atoms with Crippen LogP contribution in [0.2, 0.25) is 0 Å². The smallest absolute Gasteiger partial charge is 0.306 e. The zero-order chi connectivity index (χ0) is 13.5. The lowest BCUT2D eigenvalue weighted by atomic mass is 10.1. The summed E-state index contributed by atoms with van der Waals surface area (Å²) >= 11 is 0. The molecule has 0 amide bonds. The summed E-state index contributed by atoms with van der Waals surface area (Å²) in [5, 5.41) is 0. The Morgan fingerprint density at radius 1 is 1.11 bits per heavy atom. The van der Waals surface area contributed by atoms with E-state index < -0.39 is 11.7 Å². The van der Waals surface area contributed by atoms with Crippen molar-refractivity contribution in [1.29, 1.82) is 0 Å². The summed E-state index contributed by atoms with van der Waals surface area (Å²) < 4.78 is 40.6. The first-order valence-corrected chi connectivity index (χ1v) is 5.50. The first kappa shape index (κ1) is 11.7. The Labute approximate surface area is 106 Å². The number of rotatable bonds is 1. The standard InChI is InChI=1S/C13H8F3N3/c14-13(15,16)10-4-5-17-7-9(10)12-11-3-1-2-6-19(11)8-18-12/h1-8H. The average Bonchev–Trinajstić information content (AvgIpc) is 2.81. The minimum absolute atomic E-state index is 0.0105. The van der Waals surface area contributed by atoms with Crippen LogP contribution >= 0.6 is 0 Å². The van der Waals surface area contributed by atoms with Gasteiger partial charge in [0.25, 0.3) is 0 Å². The topological polar surface area (TPSA) is 30.2 Å². The van der Waals surface area contributed by atoms with Gasteiger partial charge in [-0.1, -0.05) is 6.07 Å². The second-order valence-electron chi connectivity index (χ2n) is 4.01. The molecular formula is C13H8F3N3. The Hall–Kier alpha value is -2.37. The molecule has 0 spiro atoms. The predicted molar refractivity (Wildman–Crippen MR) is 63.4 cm³/mol. The highest BCUT2D eigenvalue weighted by Gasteiger charge is 2.34. The van der Waals surface area contributed by atoms with Gasteiger partial charge >= 0.3 is 6.18 Å². The average molecular weight is 263 g/mol. The van der Waals surface area contributed by atoms with Crippen LogP contribution in [0, 0.1) is 0 Å². The lowest BCUT2D eigenvalue weighted by molar-refractivity contribution is -0.137. The van der Waals surface area contributed by atoms with Gasteiger partial charge in [0.1, 0.15) is 0 Å². The molecule has 3 aromatic rings. The number of pyridine rings is 2. The van der Waals surface area contributed by atoms with E-state index in [1.807, 2.05) is 0 Å². The Kier molecular flexibility index (Phi) is 2.51. The molecule has 96 valence electrons. The van der Waals surface area contributed by atoms with Crippen LogP contribution < -0.4 is 0 Å². The molecule has 0 aliphatic heterocycles. The number of alkyl halides is 3. The lowest BCUT2D eigenvalue weighted by Gasteiger charge is -2.10. The Morgan fingerprint density at radius 2 is 1.95 bits per heavy atom. The molecule has 0 radical (unpaired) electrons. The van der Waals surface area contributed by atoms with Gasteiger partial charge in [-0.2, -0.15) is 13.2 Å². The molecule has 0 N–H and O–H groups in total. The molecule has 0 bridgehead atoms. The molecule has 0 aromatic carbocycles. The van der Waals surface area contributed by atoms with Gasteiger partial charge in [0.05, 0.1) is 23.1 Å². The Morgan fingerprint density at radius 3 is 2.74 bits per heavy atom. The third-order valence-corrected chi connectivity index (χ3v) is 2.83. The van der Waals surface area contributed by atoms with E-state index in [1.165, 1.54) is 12.5 Å². The summed E-state index contributed by atoms with van der Waals surface area (Å²) in [5.74, 6) is 0. The van der Waals surface area contributed by atoms with Gasteiger partial charge in [0.15, 0.2) is 0 Å². The van der Waals surface area contributed by atoms with Gasteiger partial charge in [-0.15, -0.1) is 0 Å². The van der Waals surface area contributed by atoms with Crippen LogP contribution in [0.25, 0.3) is 16.8 Å². The van der Waals surface area contributed by atoms with Crippen molar-refractivity contribution in [1.82, 2.24) is 14.4 Å². The van der Waals surface area contributed by atoms with E-state index in [-0.39, 0.29) is 11.3 Å². The van der Waals surface area contributed by atoms with Crippen molar-refractivity contribution in [3.8, 4) is 11.3 Å². The zero-order valence-electron chi connectivity index (χ0n) is 9.59. The molecule has 3 nitrogen and oxygen atoms in total. The predicted octanol–water partition coefficient (Wildman–Crippen LogP) is 3.42. The summed E-state index contributed by atoms with van der Waals surface area (Å²) in [7, 11) is 0. The van der Waals surface area contributed by atoms with Crippen LogP contribution in [0.5, 0.6) is 0 Å². The number of hydrogen-bond donors (Lipinski definition) is 0. The Balaban J connectivity index is 2.28. The van der Waals surface area contributed by atoms with E-state index in [4.69, 9.17) is 0 Å². The summed E-state index contributed by atoms with van der Waals surface area (Å²) in [5.41, 5.74) is 0.151. The molecule has 3 rings (SSSR count). The third-order valence-electron chi connectivity index (χ3n) is 2.83. The fourth-order valence-electron chi connectivity index (χ4n) is 1.98. The maximum atomic E-state index is 13.0. The monoisotopic (exact) mass is 263 g/mol. The number of halogens is 3. The van der Waals surface area contributed by atoms with Crippen LogP contribution in [-0.2, 0) is 6.18 Å². The highest BCUT2D eigenvalue weighted by atomic mass is 19.4. The molecule has 3 heterocycles. The number of imidazole rings is 1. The van der Waals surface area contributed by atoms with Crippen LogP contribution in [0.3, 0.4) is 0 Å². The molecule has 0 fully saturated rings. The number of nitrogens with zero attached hydrogens (tertiary/aromatic N) is 3. The third kappa shape index (κ3) is 1.95. The largest absolute Gasteiger partial charge is 0.417 e. The fraction of sp³-hybridized carbons (Fsp3) is 0.0769. The van der Waals surface area contributed by atoms with Crippen molar-refractivity contribution in [3.63, 3.8) is 0 Å². The van der Waals surface area contributed by atoms with Crippen molar-refractivity contribution in [2.45, 2.75) is 6.18 Å². The molecule has 3 aromatic heterocycles. The molecule has 0 saturated carbocycles. The first-order chi connectivity index (χ1) is 9.07. The molecule has 0 aliphatic carbocycles. The fourth-order valence-corrected chi connectivity index (χ4v) is 1.98. The maximum absolute atomic E-state index is 13.0. The van der Waals surface area contributed by atoms with Gasteiger partial charge in [-0.25, -0.2) is 4.98 Å². The van der Waals surface area contributed by atoms with Crippen LogP contribution in [0.4, 0.5) is 13.2 Å². The second-order valence-corrected chi connectivity index (χ2v) is 4.01. The Bertz CT molecular complexity index is 731. The quantitative estimate of drug-likeness (QED) is 0.673. The minimum Gasteiger partial charge on any atom is -0.306 e. The van der Waals surface area contributed by atoms with Crippen molar-refractivity contribution >= 4 is 5.52 Å². The van der Waals surface area contributed by atoms with Crippen molar-refractivity contribution in [2.24, 2.45) is 0 Å². The SMILES string of the molecule is FC(F)(F)c1ccncc1-c1ncn2ccccc12. The zero-order valence-corrected chi connectivity index (χ0v) is 9.59. The van der Waals surface area contributed by atoms with Gasteiger partial charge in [-0.3, -0.25) is 4.98 Å². The van der Waals surface area contributed by atoms with Gasteiger partial charge in [0, 0.05) is 24.2 Å². The summed E-state index contributed by atoms with van der Waals surface area (Å²) in [6.45, 7) is 0. The van der Waals surface area contributed by atoms with Gasteiger partial charge in [-0.05, 0) is 18.2 Å². The molecule has 0 saturated heterocycles. The summed E-state index contributed by atoms with van der Waals surface area (Å²) in [6.07, 6.45) is 1.11. The van der Waals surface area contributed by atoms with E-state index in [1.54, 1.807) is 28.8 Å².